The van der Waals surface area contributed by atoms with Gasteiger partial charge in [0.25, 0.3) is 0 Å². The molecule has 6 nitrogen and oxygen atoms in total. The second-order valence-corrected chi connectivity index (χ2v) is 7.94. The van der Waals surface area contributed by atoms with E-state index in [1.54, 1.807) is 0 Å². The van der Waals surface area contributed by atoms with Crippen LogP contribution in [0.15, 0.2) is 36.4 Å². The van der Waals surface area contributed by atoms with E-state index in [0.29, 0.717) is 16.8 Å². The number of anilines is 2. The van der Waals surface area contributed by atoms with Crippen molar-refractivity contribution >= 4 is 46.3 Å². The molecule has 0 spiro atoms. The Hall–Kier alpha value is -2.70. The molecule has 0 radical (unpaired) electrons. The molecule has 3 heterocycles. The van der Waals surface area contributed by atoms with Crippen LogP contribution in [0.4, 0.5) is 11.6 Å². The van der Waals surface area contributed by atoms with Crippen molar-refractivity contribution in [3.05, 3.63) is 52.9 Å². The summed E-state index contributed by atoms with van der Waals surface area (Å²) in [5, 5.41) is 11.0. The van der Waals surface area contributed by atoms with E-state index < -0.39 is 0 Å². The van der Waals surface area contributed by atoms with Crippen molar-refractivity contribution in [1.82, 2.24) is 15.0 Å². The zero-order valence-electron chi connectivity index (χ0n) is 16.6. The number of aliphatic hydroxyl groups is 1. The highest BCUT2D eigenvalue weighted by Gasteiger charge is 2.22. The molecule has 1 saturated heterocycles. The van der Waals surface area contributed by atoms with Gasteiger partial charge in [0.1, 0.15) is 11.6 Å². The minimum atomic E-state index is 0.231. The highest BCUT2D eigenvalue weighted by Crippen LogP contribution is 2.26. The molecule has 1 N–H and O–H groups in total. The third-order valence-corrected chi connectivity index (χ3v) is 5.34. The predicted molar refractivity (Wildman–Crippen MR) is 119 cm³/mol. The summed E-state index contributed by atoms with van der Waals surface area (Å²) in [5.74, 6) is 2.72. The summed E-state index contributed by atoms with van der Waals surface area (Å²) in [6, 6.07) is 11.6. The minimum Gasteiger partial charge on any atom is -0.396 e. The van der Waals surface area contributed by atoms with Gasteiger partial charge in [-0.1, -0.05) is 17.7 Å². The monoisotopic (exact) mass is 409 g/mol. The molecule has 29 heavy (non-hydrogen) atoms. The number of aromatic nitrogens is 3. The van der Waals surface area contributed by atoms with Crippen LogP contribution in [0.25, 0.3) is 23.1 Å². The Morgan fingerprint density at radius 2 is 2.03 bits per heavy atom. The number of hydrogen-bond donors (Lipinski definition) is 1. The van der Waals surface area contributed by atoms with Crippen LogP contribution >= 0.6 is 11.6 Å². The summed E-state index contributed by atoms with van der Waals surface area (Å²) in [4.78, 5) is 18.3. The number of benzene rings is 1. The molecule has 1 unspecified atom stereocenters. The second kappa shape index (κ2) is 8.35. The molecule has 0 amide bonds. The molecule has 150 valence electrons. The molecule has 3 aromatic rings. The van der Waals surface area contributed by atoms with Crippen molar-refractivity contribution in [2.24, 2.45) is 5.92 Å². The SMILES string of the molecule is CN(C)c1nc(C=Cc2cccc(N3CCC(CO)C3)n2)nc2ccc(Cl)cc12. The van der Waals surface area contributed by atoms with Crippen LogP contribution in [0.5, 0.6) is 0 Å². The average Bonchev–Trinajstić information content (AvgIpc) is 3.21. The van der Waals surface area contributed by atoms with Gasteiger partial charge in [-0.15, -0.1) is 0 Å². The highest BCUT2D eigenvalue weighted by atomic mass is 35.5. The molecular formula is C22H24ClN5O. The van der Waals surface area contributed by atoms with Gasteiger partial charge in [0, 0.05) is 50.1 Å². The van der Waals surface area contributed by atoms with Crippen LogP contribution in [-0.4, -0.2) is 53.9 Å². The van der Waals surface area contributed by atoms with E-state index in [9.17, 15) is 5.11 Å². The summed E-state index contributed by atoms with van der Waals surface area (Å²) in [6.07, 6.45) is 4.81. The fourth-order valence-corrected chi connectivity index (χ4v) is 3.75. The molecular weight excluding hydrogens is 386 g/mol. The van der Waals surface area contributed by atoms with Crippen LogP contribution in [0.2, 0.25) is 5.02 Å². The van der Waals surface area contributed by atoms with Crippen molar-refractivity contribution in [1.29, 1.82) is 0 Å². The third-order valence-electron chi connectivity index (χ3n) is 5.11. The van der Waals surface area contributed by atoms with Gasteiger partial charge in [-0.05, 0) is 48.9 Å². The molecule has 2 aromatic heterocycles. The van der Waals surface area contributed by atoms with Crippen molar-refractivity contribution < 1.29 is 5.11 Å². The van der Waals surface area contributed by atoms with Crippen LogP contribution in [-0.2, 0) is 0 Å². The molecule has 0 bridgehead atoms. The number of rotatable bonds is 5. The normalized spacial score (nSPS) is 16.8. The van der Waals surface area contributed by atoms with Gasteiger partial charge in [-0.25, -0.2) is 15.0 Å². The Kier molecular flexibility index (Phi) is 5.65. The second-order valence-electron chi connectivity index (χ2n) is 7.50. The van der Waals surface area contributed by atoms with E-state index in [4.69, 9.17) is 16.6 Å². The summed E-state index contributed by atoms with van der Waals surface area (Å²) >= 11 is 6.15. The number of halogens is 1. The Labute approximate surface area is 175 Å². The van der Waals surface area contributed by atoms with Crippen molar-refractivity contribution in [3.63, 3.8) is 0 Å². The fraction of sp³-hybridized carbons (Fsp3) is 0.318. The zero-order valence-corrected chi connectivity index (χ0v) is 17.3. The molecule has 1 atom stereocenters. The number of fused-ring (bicyclic) bond motifs is 1. The third kappa shape index (κ3) is 4.33. The summed E-state index contributed by atoms with van der Waals surface area (Å²) in [7, 11) is 3.91. The maximum atomic E-state index is 9.36. The quantitative estimate of drug-likeness (QED) is 0.692. The van der Waals surface area contributed by atoms with Gasteiger partial charge in [0.2, 0.25) is 0 Å². The van der Waals surface area contributed by atoms with Crippen LogP contribution < -0.4 is 9.80 Å². The largest absolute Gasteiger partial charge is 0.396 e. The Balaban J connectivity index is 1.62. The lowest BCUT2D eigenvalue weighted by Crippen LogP contribution is -2.21. The number of nitrogens with zero attached hydrogens (tertiary/aromatic N) is 5. The van der Waals surface area contributed by atoms with Crippen molar-refractivity contribution in [2.75, 3.05) is 43.6 Å². The molecule has 7 heteroatoms. The van der Waals surface area contributed by atoms with Gasteiger partial charge >= 0.3 is 0 Å². The molecule has 1 aliphatic rings. The molecule has 0 saturated carbocycles. The number of aliphatic hydroxyl groups excluding tert-OH is 1. The van der Waals surface area contributed by atoms with Gasteiger partial charge in [0.15, 0.2) is 5.82 Å². The molecule has 1 aromatic carbocycles. The summed E-state index contributed by atoms with van der Waals surface area (Å²) < 4.78 is 0. The first-order valence-corrected chi connectivity index (χ1v) is 10.1. The first kappa shape index (κ1) is 19.6. The minimum absolute atomic E-state index is 0.231. The Bertz CT molecular complexity index is 1050. The van der Waals surface area contributed by atoms with Gasteiger partial charge < -0.3 is 14.9 Å². The average molecular weight is 410 g/mol. The van der Waals surface area contributed by atoms with Gasteiger partial charge in [-0.3, -0.25) is 0 Å². The van der Waals surface area contributed by atoms with Crippen LogP contribution in [0.3, 0.4) is 0 Å². The van der Waals surface area contributed by atoms with E-state index >= 15 is 0 Å². The maximum absolute atomic E-state index is 9.36. The van der Waals surface area contributed by atoms with Gasteiger partial charge in [-0.2, -0.15) is 0 Å². The molecule has 1 fully saturated rings. The van der Waals surface area contributed by atoms with Gasteiger partial charge in [0.05, 0.1) is 11.2 Å². The lowest BCUT2D eigenvalue weighted by Gasteiger charge is -2.17. The summed E-state index contributed by atoms with van der Waals surface area (Å²) in [6.45, 7) is 2.00. The lowest BCUT2D eigenvalue weighted by atomic mass is 10.1. The number of pyridine rings is 1. The zero-order chi connectivity index (χ0) is 20.4. The highest BCUT2D eigenvalue weighted by molar-refractivity contribution is 6.31. The molecule has 0 aliphatic carbocycles. The summed E-state index contributed by atoms with van der Waals surface area (Å²) in [5.41, 5.74) is 1.70. The lowest BCUT2D eigenvalue weighted by molar-refractivity contribution is 0.238. The Morgan fingerprint density at radius 3 is 2.79 bits per heavy atom. The Morgan fingerprint density at radius 1 is 1.17 bits per heavy atom. The van der Waals surface area contributed by atoms with Crippen molar-refractivity contribution in [3.8, 4) is 0 Å². The standard InChI is InChI=1S/C22H24ClN5O/c1-27(2)22-18-12-16(23)6-8-19(18)25-20(26-22)9-7-17-4-3-5-21(24-17)28-11-10-15(13-28)14-29/h3-9,12,15,29H,10-11,13-14H2,1-2H3. The van der Waals surface area contributed by atoms with Crippen LogP contribution in [0.1, 0.15) is 17.9 Å². The van der Waals surface area contributed by atoms with Crippen LogP contribution in [0, 0.1) is 5.92 Å². The van der Waals surface area contributed by atoms with E-state index in [2.05, 4.69) is 14.9 Å². The van der Waals surface area contributed by atoms with E-state index in [1.807, 2.05) is 67.5 Å². The van der Waals surface area contributed by atoms with E-state index in [-0.39, 0.29) is 6.61 Å². The maximum Gasteiger partial charge on any atom is 0.155 e. The predicted octanol–water partition coefficient (Wildman–Crippen LogP) is 3.73. The smallest absolute Gasteiger partial charge is 0.155 e. The van der Waals surface area contributed by atoms with E-state index in [1.165, 1.54) is 0 Å². The number of hydrogen-bond acceptors (Lipinski definition) is 6. The molecule has 1 aliphatic heterocycles. The molecule has 4 rings (SSSR count). The topological polar surface area (TPSA) is 65.4 Å². The first-order chi connectivity index (χ1) is 14.0. The van der Waals surface area contributed by atoms with E-state index in [0.717, 1.165) is 47.7 Å². The fourth-order valence-electron chi connectivity index (χ4n) is 3.58. The first-order valence-electron chi connectivity index (χ1n) is 9.69. The van der Waals surface area contributed by atoms with Crippen molar-refractivity contribution in [2.45, 2.75) is 6.42 Å².